The lowest BCUT2D eigenvalue weighted by Crippen LogP contribution is -2.16. The van der Waals surface area contributed by atoms with Gasteiger partial charge in [-0.15, -0.1) is 0 Å². The lowest BCUT2D eigenvalue weighted by molar-refractivity contribution is -0.147. The Balaban J connectivity index is 3.61. The van der Waals surface area contributed by atoms with E-state index in [-0.39, 0.29) is 18.5 Å². The Labute approximate surface area is 167 Å². The second-order valence-electron chi connectivity index (χ2n) is 7.90. The fourth-order valence-electron chi connectivity index (χ4n) is 3.53. The highest BCUT2D eigenvalue weighted by molar-refractivity contribution is 5.66. The van der Waals surface area contributed by atoms with Gasteiger partial charge in [-0.3, -0.25) is 9.59 Å². The van der Waals surface area contributed by atoms with Crippen molar-refractivity contribution in [2.24, 2.45) is 0 Å². The number of unbranched alkanes of at least 4 members (excludes halogenated alkanes) is 13. The van der Waals surface area contributed by atoms with Crippen molar-refractivity contribution in [1.82, 2.24) is 0 Å². The van der Waals surface area contributed by atoms with Crippen LogP contribution in [0, 0.1) is 0 Å². The van der Waals surface area contributed by atoms with Crippen LogP contribution in [0.25, 0.3) is 0 Å². The molecule has 1 unspecified atom stereocenters. The number of carbonyl (C=O) groups is 2. The average molecular weight is 385 g/mol. The van der Waals surface area contributed by atoms with E-state index in [1.165, 1.54) is 64.7 Å². The molecule has 0 fully saturated rings. The summed E-state index contributed by atoms with van der Waals surface area (Å²) in [6, 6.07) is 0. The minimum atomic E-state index is -0.707. The summed E-state index contributed by atoms with van der Waals surface area (Å²) in [5, 5.41) is 8.62. The smallest absolute Gasteiger partial charge is 0.303 e. The fraction of sp³-hybridized carbons (Fsp3) is 0.913. The van der Waals surface area contributed by atoms with Crippen molar-refractivity contribution < 1.29 is 19.4 Å². The lowest BCUT2D eigenvalue weighted by atomic mass is 10.0. The molecule has 0 rings (SSSR count). The Kier molecular flexibility index (Phi) is 18.9. The molecule has 4 heteroatoms. The fourth-order valence-corrected chi connectivity index (χ4v) is 3.53. The topological polar surface area (TPSA) is 63.6 Å². The molecular formula is C23H44O4. The second kappa shape index (κ2) is 19.7. The molecule has 4 nitrogen and oxygen atoms in total. The van der Waals surface area contributed by atoms with Gasteiger partial charge < -0.3 is 9.84 Å². The summed E-state index contributed by atoms with van der Waals surface area (Å²) in [7, 11) is 0. The summed E-state index contributed by atoms with van der Waals surface area (Å²) >= 11 is 0. The highest BCUT2D eigenvalue weighted by atomic mass is 16.5. The molecule has 0 aromatic rings. The van der Waals surface area contributed by atoms with Gasteiger partial charge in [-0.1, -0.05) is 84.0 Å². The minimum Gasteiger partial charge on any atom is -0.481 e. The molecule has 0 aliphatic carbocycles. The van der Waals surface area contributed by atoms with Crippen molar-refractivity contribution in [3.63, 3.8) is 0 Å². The van der Waals surface area contributed by atoms with Crippen LogP contribution in [-0.4, -0.2) is 23.1 Å². The first-order valence-corrected chi connectivity index (χ1v) is 11.4. The van der Waals surface area contributed by atoms with E-state index < -0.39 is 5.97 Å². The number of rotatable bonds is 20. The number of aliphatic carboxylic acids is 1. The largest absolute Gasteiger partial charge is 0.481 e. The number of carboxylic acid groups (broad SMARTS) is 1. The van der Waals surface area contributed by atoms with Gasteiger partial charge in [0, 0.05) is 13.3 Å². The number of carboxylic acids is 1. The number of hydrogen-bond acceptors (Lipinski definition) is 3. The zero-order valence-electron chi connectivity index (χ0n) is 18.0. The first-order valence-electron chi connectivity index (χ1n) is 11.4. The van der Waals surface area contributed by atoms with Crippen LogP contribution in [-0.2, 0) is 14.3 Å². The van der Waals surface area contributed by atoms with Crippen LogP contribution in [0.2, 0.25) is 0 Å². The molecule has 0 saturated heterocycles. The van der Waals surface area contributed by atoms with E-state index in [0.29, 0.717) is 0 Å². The Bertz CT molecular complexity index is 354. The molecule has 0 saturated carbocycles. The van der Waals surface area contributed by atoms with Gasteiger partial charge in [-0.05, 0) is 32.1 Å². The Morgan fingerprint density at radius 1 is 0.704 bits per heavy atom. The molecule has 0 aliphatic heterocycles. The van der Waals surface area contributed by atoms with Gasteiger partial charge in [0.25, 0.3) is 0 Å². The third-order valence-corrected chi connectivity index (χ3v) is 5.13. The van der Waals surface area contributed by atoms with Gasteiger partial charge in [0.2, 0.25) is 0 Å². The normalized spacial score (nSPS) is 12.1. The number of ether oxygens (including phenoxy) is 1. The summed E-state index contributed by atoms with van der Waals surface area (Å²) in [5.74, 6) is -0.880. The summed E-state index contributed by atoms with van der Waals surface area (Å²) in [4.78, 5) is 21.8. The summed E-state index contributed by atoms with van der Waals surface area (Å²) in [6.07, 6.45) is 20.4. The molecule has 0 heterocycles. The maximum atomic E-state index is 11.3. The summed E-state index contributed by atoms with van der Waals surface area (Å²) in [5.41, 5.74) is 0. The Morgan fingerprint density at radius 3 is 1.52 bits per heavy atom. The zero-order valence-corrected chi connectivity index (χ0v) is 18.0. The van der Waals surface area contributed by atoms with Crippen molar-refractivity contribution in [2.75, 3.05) is 0 Å². The van der Waals surface area contributed by atoms with Crippen LogP contribution < -0.4 is 0 Å². The van der Waals surface area contributed by atoms with Crippen LogP contribution in [0.4, 0.5) is 0 Å². The van der Waals surface area contributed by atoms with E-state index in [4.69, 9.17) is 9.84 Å². The molecule has 0 aromatic heterocycles. The van der Waals surface area contributed by atoms with Gasteiger partial charge in [0.1, 0.15) is 6.10 Å². The van der Waals surface area contributed by atoms with E-state index in [2.05, 4.69) is 6.92 Å². The molecule has 0 bridgehead atoms. The Morgan fingerprint density at radius 2 is 1.11 bits per heavy atom. The Hall–Kier alpha value is -1.06. The van der Waals surface area contributed by atoms with E-state index in [0.717, 1.165) is 51.4 Å². The van der Waals surface area contributed by atoms with E-state index >= 15 is 0 Å². The van der Waals surface area contributed by atoms with Gasteiger partial charge in [0.15, 0.2) is 0 Å². The number of hydrogen-bond donors (Lipinski definition) is 1. The average Bonchev–Trinajstić information content (AvgIpc) is 2.61. The van der Waals surface area contributed by atoms with Gasteiger partial charge in [-0.25, -0.2) is 0 Å². The molecule has 0 aromatic carbocycles. The predicted octanol–water partition coefficient (Wildman–Crippen LogP) is 7.04. The first kappa shape index (κ1) is 25.9. The van der Waals surface area contributed by atoms with E-state index in [9.17, 15) is 9.59 Å². The highest BCUT2D eigenvalue weighted by Crippen LogP contribution is 2.17. The number of esters is 1. The molecule has 0 amide bonds. The third kappa shape index (κ3) is 21.1. The third-order valence-electron chi connectivity index (χ3n) is 5.13. The van der Waals surface area contributed by atoms with Crippen molar-refractivity contribution in [3.05, 3.63) is 0 Å². The van der Waals surface area contributed by atoms with Crippen LogP contribution in [0.5, 0.6) is 0 Å². The SMILES string of the molecule is CCCCCCCCCCCCC(CCCCCCCC(=O)O)OC(C)=O. The molecule has 1 atom stereocenters. The van der Waals surface area contributed by atoms with Crippen molar-refractivity contribution in [3.8, 4) is 0 Å². The molecule has 160 valence electrons. The quantitative estimate of drug-likeness (QED) is 0.180. The first-order chi connectivity index (χ1) is 13.1. The predicted molar refractivity (Wildman–Crippen MR) is 112 cm³/mol. The van der Waals surface area contributed by atoms with Crippen molar-refractivity contribution in [1.29, 1.82) is 0 Å². The van der Waals surface area contributed by atoms with Crippen LogP contribution in [0.1, 0.15) is 129 Å². The monoisotopic (exact) mass is 384 g/mol. The molecule has 1 N–H and O–H groups in total. The minimum absolute atomic E-state index is 0.0653. The van der Waals surface area contributed by atoms with E-state index in [1.54, 1.807) is 0 Å². The maximum Gasteiger partial charge on any atom is 0.303 e. The molecule has 27 heavy (non-hydrogen) atoms. The summed E-state index contributed by atoms with van der Waals surface area (Å²) in [6.45, 7) is 3.75. The van der Waals surface area contributed by atoms with Crippen LogP contribution in [0.3, 0.4) is 0 Å². The van der Waals surface area contributed by atoms with Gasteiger partial charge >= 0.3 is 11.9 Å². The van der Waals surface area contributed by atoms with Gasteiger partial charge in [-0.2, -0.15) is 0 Å². The van der Waals surface area contributed by atoms with Gasteiger partial charge in [0.05, 0.1) is 0 Å². The number of carbonyl (C=O) groups excluding carboxylic acids is 1. The highest BCUT2D eigenvalue weighted by Gasteiger charge is 2.11. The molecule has 0 aliphatic rings. The molecular weight excluding hydrogens is 340 g/mol. The van der Waals surface area contributed by atoms with E-state index in [1.807, 2.05) is 0 Å². The summed E-state index contributed by atoms with van der Waals surface area (Å²) < 4.78 is 5.48. The standard InChI is InChI=1S/C23H44O4/c1-3-4-5-6-7-8-9-10-12-15-18-22(27-21(2)24)19-16-13-11-14-17-20-23(25)26/h22H,3-20H2,1-2H3,(H,25,26). The lowest BCUT2D eigenvalue weighted by Gasteiger charge is -2.17. The molecule has 0 spiro atoms. The van der Waals surface area contributed by atoms with Crippen LogP contribution >= 0.6 is 0 Å². The molecule has 0 radical (unpaired) electrons. The zero-order chi connectivity index (χ0) is 20.2. The maximum absolute atomic E-state index is 11.3. The second-order valence-corrected chi connectivity index (χ2v) is 7.90. The van der Waals surface area contributed by atoms with Crippen molar-refractivity contribution in [2.45, 2.75) is 136 Å². The van der Waals surface area contributed by atoms with Crippen LogP contribution in [0.15, 0.2) is 0 Å². The van der Waals surface area contributed by atoms with Crippen molar-refractivity contribution >= 4 is 11.9 Å².